The average Bonchev–Trinajstić information content (AvgIpc) is 3.61. The summed E-state index contributed by atoms with van der Waals surface area (Å²) < 4.78 is 0. The summed E-state index contributed by atoms with van der Waals surface area (Å²) in [5.41, 5.74) is 12.0. The van der Waals surface area contributed by atoms with E-state index in [0.717, 1.165) is 56.8 Å². The zero-order chi connectivity index (χ0) is 23.7. The fraction of sp³-hybridized carbons (Fsp3) is 0.538. The molecule has 2 fully saturated rings. The third kappa shape index (κ3) is 4.62. The fourth-order valence-electron chi connectivity index (χ4n) is 5.93. The molecule has 2 aliphatic heterocycles. The molecule has 0 bridgehead atoms. The van der Waals surface area contributed by atoms with E-state index in [-0.39, 0.29) is 11.9 Å². The maximum Gasteiger partial charge on any atom is 0.221 e. The van der Waals surface area contributed by atoms with Gasteiger partial charge in [-0.25, -0.2) is 10.4 Å². The Hall–Kier alpha value is -2.68. The quantitative estimate of drug-likeness (QED) is 0.431. The molecule has 0 spiro atoms. The van der Waals surface area contributed by atoms with E-state index in [1.807, 2.05) is 18.3 Å². The molecule has 1 aromatic carbocycles. The monoisotopic (exact) mass is 464 g/mol. The van der Waals surface area contributed by atoms with Gasteiger partial charge >= 0.3 is 0 Å². The molecule has 182 valence electrons. The lowest BCUT2D eigenvalue weighted by Gasteiger charge is -2.33. The van der Waals surface area contributed by atoms with E-state index in [2.05, 4.69) is 45.1 Å². The third-order valence-corrected chi connectivity index (χ3v) is 7.86. The Morgan fingerprint density at radius 2 is 2.18 bits per heavy atom. The molecule has 1 amide bonds. The van der Waals surface area contributed by atoms with Crippen molar-refractivity contribution < 1.29 is 9.90 Å². The average molecular weight is 465 g/mol. The summed E-state index contributed by atoms with van der Waals surface area (Å²) in [5.74, 6) is 2.45. The van der Waals surface area contributed by atoms with Gasteiger partial charge in [0.25, 0.3) is 0 Å². The normalized spacial score (nSPS) is 26.9. The molecule has 1 saturated carbocycles. The Balaban J connectivity index is 1.21. The number of carbonyl (C=O) groups excluding carboxylic acids is 1. The van der Waals surface area contributed by atoms with E-state index in [9.17, 15) is 9.90 Å². The first-order chi connectivity index (χ1) is 16.6. The number of aryl methyl sites for hydroxylation is 1. The predicted octanol–water partition coefficient (Wildman–Crippen LogP) is 2.61. The maximum atomic E-state index is 11.5. The summed E-state index contributed by atoms with van der Waals surface area (Å²) in [4.78, 5) is 22.2. The molecule has 8 nitrogen and oxygen atoms in total. The summed E-state index contributed by atoms with van der Waals surface area (Å²) in [7, 11) is 1.68. The number of nitrogens with one attached hydrogen (secondary N) is 4. The third-order valence-electron chi connectivity index (χ3n) is 7.86. The smallest absolute Gasteiger partial charge is 0.221 e. The minimum atomic E-state index is 0.0812. The first kappa shape index (κ1) is 23.1. The van der Waals surface area contributed by atoms with Crippen LogP contribution in [0.4, 0.5) is 0 Å². The fourth-order valence-corrected chi connectivity index (χ4v) is 5.93. The van der Waals surface area contributed by atoms with Gasteiger partial charge in [-0.15, -0.1) is 0 Å². The van der Waals surface area contributed by atoms with E-state index in [1.165, 1.54) is 16.7 Å². The van der Waals surface area contributed by atoms with Crippen LogP contribution in [0.3, 0.4) is 0 Å². The number of imidazole rings is 1. The number of phenols is 1. The number of aromatic nitrogens is 2. The molecular weight excluding hydrogens is 428 g/mol. The number of H-pyrrole nitrogens is 1. The SMILES string of the molecule is CCc1cc(O)ccc1C1CCC2C(C1)NNC2c1ncc(C2=CCN(CCC(=O)NC)C2)[nH]1. The number of aromatic amines is 1. The molecule has 34 heavy (non-hydrogen) atoms. The molecular formula is C26H36N6O2. The number of hydrogen-bond acceptors (Lipinski definition) is 6. The molecule has 8 heteroatoms. The highest BCUT2D eigenvalue weighted by Gasteiger charge is 2.42. The Morgan fingerprint density at radius 3 is 3.00 bits per heavy atom. The van der Waals surface area contributed by atoms with Gasteiger partial charge in [0.05, 0.1) is 17.9 Å². The van der Waals surface area contributed by atoms with Crippen molar-refractivity contribution in [3.05, 3.63) is 53.1 Å². The highest BCUT2D eigenvalue weighted by atomic mass is 16.3. The number of hydrogen-bond donors (Lipinski definition) is 5. The highest BCUT2D eigenvalue weighted by molar-refractivity contribution is 5.75. The standard InChI is InChI=1S/C26H36N6O2/c1-3-16-12-19(33)5-7-20(16)17-4-6-21-22(13-17)30-31-25(21)26-28-14-23(29-26)18-8-10-32(15-18)11-9-24(34)27-2/h5,7-8,12,14,17,21-22,25,30-31,33H,3-4,6,9-11,13,15H2,1-2H3,(H,27,34)(H,28,29). The van der Waals surface area contributed by atoms with Crippen LogP contribution in [0.25, 0.3) is 5.57 Å². The van der Waals surface area contributed by atoms with E-state index >= 15 is 0 Å². The summed E-state index contributed by atoms with van der Waals surface area (Å²) in [6.45, 7) is 4.63. The van der Waals surface area contributed by atoms with Crippen LogP contribution < -0.4 is 16.2 Å². The zero-order valence-electron chi connectivity index (χ0n) is 20.1. The van der Waals surface area contributed by atoms with E-state index in [0.29, 0.717) is 30.0 Å². The van der Waals surface area contributed by atoms with Crippen LogP contribution in [-0.2, 0) is 11.2 Å². The van der Waals surface area contributed by atoms with Crippen molar-refractivity contribution in [2.24, 2.45) is 5.92 Å². The summed E-state index contributed by atoms with van der Waals surface area (Å²) >= 11 is 0. The molecule has 3 aliphatic rings. The van der Waals surface area contributed by atoms with Gasteiger partial charge in [0.1, 0.15) is 11.6 Å². The van der Waals surface area contributed by atoms with Crippen LogP contribution in [0, 0.1) is 5.92 Å². The second-order valence-corrected chi connectivity index (χ2v) is 9.85. The first-order valence-electron chi connectivity index (χ1n) is 12.6. The number of hydrazine groups is 1. The minimum Gasteiger partial charge on any atom is -0.508 e. The molecule has 4 atom stereocenters. The van der Waals surface area contributed by atoms with Crippen LogP contribution in [0.1, 0.15) is 67.2 Å². The molecule has 0 radical (unpaired) electrons. The van der Waals surface area contributed by atoms with Gasteiger partial charge in [0.15, 0.2) is 0 Å². The van der Waals surface area contributed by atoms with Crippen molar-refractivity contribution >= 4 is 11.5 Å². The maximum absolute atomic E-state index is 11.5. The molecule has 1 aromatic heterocycles. The highest BCUT2D eigenvalue weighted by Crippen LogP contribution is 2.44. The Labute approximate surface area is 201 Å². The summed E-state index contributed by atoms with van der Waals surface area (Å²) in [5, 5.41) is 12.6. The van der Waals surface area contributed by atoms with E-state index in [4.69, 9.17) is 4.98 Å². The minimum absolute atomic E-state index is 0.0812. The number of nitrogens with zero attached hydrogens (tertiary/aromatic N) is 2. The second-order valence-electron chi connectivity index (χ2n) is 9.85. The van der Waals surface area contributed by atoms with Crippen molar-refractivity contribution in [2.45, 2.75) is 57.0 Å². The van der Waals surface area contributed by atoms with Crippen molar-refractivity contribution in [3.63, 3.8) is 0 Å². The van der Waals surface area contributed by atoms with Crippen LogP contribution in [-0.4, -0.2) is 58.6 Å². The van der Waals surface area contributed by atoms with Gasteiger partial charge in [-0.3, -0.25) is 15.1 Å². The lowest BCUT2D eigenvalue weighted by atomic mass is 9.73. The van der Waals surface area contributed by atoms with Crippen molar-refractivity contribution in [1.29, 1.82) is 0 Å². The lowest BCUT2D eigenvalue weighted by Crippen LogP contribution is -2.35. The summed E-state index contributed by atoms with van der Waals surface area (Å²) in [6.07, 6.45) is 9.03. The topological polar surface area (TPSA) is 105 Å². The number of carbonyl (C=O) groups is 1. The predicted molar refractivity (Wildman–Crippen MR) is 132 cm³/mol. The van der Waals surface area contributed by atoms with E-state index in [1.54, 1.807) is 7.05 Å². The molecule has 1 saturated heterocycles. The van der Waals surface area contributed by atoms with Gasteiger partial charge in [-0.05, 0) is 66.4 Å². The summed E-state index contributed by atoms with van der Waals surface area (Å²) in [6, 6.07) is 6.45. The van der Waals surface area contributed by atoms with E-state index < -0.39 is 0 Å². The second kappa shape index (κ2) is 9.90. The molecule has 5 rings (SSSR count). The molecule has 5 N–H and O–H groups in total. The van der Waals surface area contributed by atoms with Crippen LogP contribution in [0.15, 0.2) is 30.5 Å². The Bertz CT molecular complexity index is 1060. The molecule has 4 unspecified atom stereocenters. The van der Waals surface area contributed by atoms with Gasteiger partial charge in [-0.1, -0.05) is 19.1 Å². The first-order valence-corrected chi connectivity index (χ1v) is 12.6. The van der Waals surface area contributed by atoms with Gasteiger partial charge in [0.2, 0.25) is 5.91 Å². The van der Waals surface area contributed by atoms with Crippen molar-refractivity contribution in [2.75, 3.05) is 26.7 Å². The van der Waals surface area contributed by atoms with Gasteiger partial charge in [-0.2, -0.15) is 0 Å². The molecule has 1 aliphatic carbocycles. The Morgan fingerprint density at radius 1 is 1.29 bits per heavy atom. The number of fused-ring (bicyclic) bond motifs is 1. The van der Waals surface area contributed by atoms with Crippen molar-refractivity contribution in [3.8, 4) is 5.75 Å². The number of phenolic OH excluding ortho intramolecular Hbond substituents is 1. The van der Waals surface area contributed by atoms with Crippen molar-refractivity contribution in [1.82, 2.24) is 31.0 Å². The van der Waals surface area contributed by atoms with Gasteiger partial charge in [0, 0.05) is 39.1 Å². The van der Waals surface area contributed by atoms with Crippen LogP contribution >= 0.6 is 0 Å². The van der Waals surface area contributed by atoms with Gasteiger partial charge < -0.3 is 15.4 Å². The van der Waals surface area contributed by atoms with Crippen LogP contribution in [0.2, 0.25) is 0 Å². The van der Waals surface area contributed by atoms with Crippen LogP contribution in [0.5, 0.6) is 5.75 Å². The Kier molecular flexibility index (Phi) is 6.72. The lowest BCUT2D eigenvalue weighted by molar-refractivity contribution is -0.120. The molecule has 2 aromatic rings. The number of benzene rings is 1. The number of aromatic hydroxyl groups is 1. The number of rotatable bonds is 7. The largest absolute Gasteiger partial charge is 0.508 e. The zero-order valence-corrected chi connectivity index (χ0v) is 20.1. The molecule has 3 heterocycles. The number of amides is 1.